The van der Waals surface area contributed by atoms with Crippen LogP contribution in [0.4, 0.5) is 0 Å². The normalized spacial score (nSPS) is 21.9. The lowest BCUT2D eigenvalue weighted by Crippen LogP contribution is -2.49. The summed E-state index contributed by atoms with van der Waals surface area (Å²) in [6, 6.07) is 9.88. The van der Waals surface area contributed by atoms with Crippen molar-refractivity contribution in [2.75, 3.05) is 26.2 Å². The maximum absolute atomic E-state index is 12.4. The smallest absolute Gasteiger partial charge is 0.260 e. The number of hydrogen-bond acceptors (Lipinski definition) is 6. The predicted octanol–water partition coefficient (Wildman–Crippen LogP) is 2.21. The number of amides is 1. The zero-order valence-electron chi connectivity index (χ0n) is 17.5. The van der Waals surface area contributed by atoms with E-state index in [4.69, 9.17) is 13.9 Å². The van der Waals surface area contributed by atoms with Crippen LogP contribution in [0.1, 0.15) is 30.7 Å². The summed E-state index contributed by atoms with van der Waals surface area (Å²) in [7, 11) is 0. The van der Waals surface area contributed by atoms with E-state index in [1.807, 2.05) is 19.9 Å². The van der Waals surface area contributed by atoms with Crippen LogP contribution in [0.25, 0.3) is 0 Å². The largest absolute Gasteiger partial charge is 0.477 e. The maximum atomic E-state index is 12.4. The summed E-state index contributed by atoms with van der Waals surface area (Å²) < 4.78 is 16.7. The van der Waals surface area contributed by atoms with Crippen LogP contribution in [0.2, 0.25) is 0 Å². The lowest BCUT2D eigenvalue weighted by Gasteiger charge is -2.35. The van der Waals surface area contributed by atoms with Gasteiger partial charge in [-0.1, -0.05) is 24.3 Å². The van der Waals surface area contributed by atoms with Crippen LogP contribution >= 0.6 is 0 Å². The first-order valence-corrected chi connectivity index (χ1v) is 10.4. The van der Waals surface area contributed by atoms with Crippen LogP contribution in [0.15, 0.2) is 45.8 Å². The standard InChI is InChI=1S/C23H28N2O5/c1-16-10-25(11-17(2)30-16)23(27)15-29-22-14-28-20(9-21(22)26)13-24-8-7-18-5-3-4-6-19(18)12-24/h3-6,9,14,16-17H,7-8,10-13,15H2,1-2H3/t16-,17-/m0/s1. The molecule has 1 amide bonds. The molecule has 3 heterocycles. The Balaban J connectivity index is 1.32. The molecule has 7 nitrogen and oxygen atoms in total. The fourth-order valence-electron chi connectivity index (χ4n) is 4.15. The second kappa shape index (κ2) is 9.02. The topological polar surface area (TPSA) is 72.2 Å². The molecule has 0 N–H and O–H groups in total. The molecule has 2 aliphatic heterocycles. The quantitative estimate of drug-likeness (QED) is 0.750. The van der Waals surface area contributed by atoms with E-state index in [1.54, 1.807) is 4.90 Å². The summed E-state index contributed by atoms with van der Waals surface area (Å²) >= 11 is 0. The van der Waals surface area contributed by atoms with Gasteiger partial charge < -0.3 is 18.8 Å². The van der Waals surface area contributed by atoms with Crippen molar-refractivity contribution in [1.29, 1.82) is 0 Å². The van der Waals surface area contributed by atoms with Crippen LogP contribution in [0.5, 0.6) is 5.75 Å². The van der Waals surface area contributed by atoms with E-state index in [1.165, 1.54) is 23.5 Å². The minimum atomic E-state index is -0.273. The zero-order valence-corrected chi connectivity index (χ0v) is 17.5. The molecular formula is C23H28N2O5. The Hall–Kier alpha value is -2.64. The number of carbonyl (C=O) groups is 1. The van der Waals surface area contributed by atoms with E-state index in [0.717, 1.165) is 19.5 Å². The van der Waals surface area contributed by atoms with Crippen LogP contribution in [-0.2, 0) is 29.0 Å². The molecule has 30 heavy (non-hydrogen) atoms. The third kappa shape index (κ3) is 4.91. The van der Waals surface area contributed by atoms with E-state index in [0.29, 0.717) is 25.4 Å². The Morgan fingerprint density at radius 1 is 1.17 bits per heavy atom. The molecule has 0 bridgehead atoms. The van der Waals surface area contributed by atoms with Crippen molar-refractivity contribution in [1.82, 2.24) is 9.80 Å². The molecule has 2 atom stereocenters. The van der Waals surface area contributed by atoms with E-state index in [2.05, 4.69) is 23.1 Å². The van der Waals surface area contributed by atoms with Crippen LogP contribution in [0.3, 0.4) is 0 Å². The van der Waals surface area contributed by atoms with Crippen molar-refractivity contribution in [3.05, 3.63) is 63.7 Å². The van der Waals surface area contributed by atoms with Gasteiger partial charge in [-0.25, -0.2) is 0 Å². The summed E-state index contributed by atoms with van der Waals surface area (Å²) in [6.45, 7) is 7.06. The van der Waals surface area contributed by atoms with Gasteiger partial charge in [0.2, 0.25) is 11.2 Å². The van der Waals surface area contributed by atoms with Gasteiger partial charge in [0.15, 0.2) is 6.61 Å². The molecule has 0 aliphatic carbocycles. The van der Waals surface area contributed by atoms with Gasteiger partial charge in [0.05, 0.1) is 18.8 Å². The molecule has 0 saturated carbocycles. The number of fused-ring (bicyclic) bond motifs is 1. The zero-order chi connectivity index (χ0) is 21.1. The van der Waals surface area contributed by atoms with Crippen molar-refractivity contribution < 1.29 is 18.7 Å². The van der Waals surface area contributed by atoms with Crippen LogP contribution in [0, 0.1) is 0 Å². The van der Waals surface area contributed by atoms with Gasteiger partial charge in [0.1, 0.15) is 12.0 Å². The number of rotatable bonds is 5. The first-order chi connectivity index (χ1) is 14.5. The highest BCUT2D eigenvalue weighted by Crippen LogP contribution is 2.20. The molecule has 1 aromatic heterocycles. The van der Waals surface area contributed by atoms with E-state index >= 15 is 0 Å². The van der Waals surface area contributed by atoms with Gasteiger partial charge in [0, 0.05) is 32.2 Å². The molecular weight excluding hydrogens is 384 g/mol. The molecule has 0 radical (unpaired) electrons. The second-order valence-corrected chi connectivity index (χ2v) is 8.15. The predicted molar refractivity (Wildman–Crippen MR) is 111 cm³/mol. The van der Waals surface area contributed by atoms with Gasteiger partial charge in [-0.2, -0.15) is 0 Å². The van der Waals surface area contributed by atoms with E-state index < -0.39 is 0 Å². The molecule has 4 rings (SSSR count). The first-order valence-electron chi connectivity index (χ1n) is 10.4. The van der Waals surface area contributed by atoms with Gasteiger partial charge in [-0.3, -0.25) is 14.5 Å². The van der Waals surface area contributed by atoms with Gasteiger partial charge in [-0.05, 0) is 31.4 Å². The Labute approximate surface area is 176 Å². The van der Waals surface area contributed by atoms with Gasteiger partial charge in [0.25, 0.3) is 5.91 Å². The van der Waals surface area contributed by atoms with E-state index in [-0.39, 0.29) is 35.9 Å². The fourth-order valence-corrected chi connectivity index (χ4v) is 4.15. The Morgan fingerprint density at radius 3 is 2.63 bits per heavy atom. The van der Waals surface area contributed by atoms with Gasteiger partial charge in [-0.15, -0.1) is 0 Å². The van der Waals surface area contributed by atoms with Crippen molar-refractivity contribution in [3.8, 4) is 5.75 Å². The summed E-state index contributed by atoms with van der Waals surface area (Å²) in [6.07, 6.45) is 2.28. The van der Waals surface area contributed by atoms with Crippen LogP contribution < -0.4 is 10.2 Å². The summed E-state index contributed by atoms with van der Waals surface area (Å²) in [5.74, 6) is 0.492. The third-order valence-electron chi connectivity index (χ3n) is 5.56. The molecule has 1 fully saturated rings. The average Bonchev–Trinajstić information content (AvgIpc) is 2.72. The lowest BCUT2D eigenvalue weighted by atomic mass is 10.00. The minimum Gasteiger partial charge on any atom is -0.477 e. The number of morpholine rings is 1. The molecule has 0 spiro atoms. The number of hydrogen-bond donors (Lipinski definition) is 0. The average molecular weight is 412 g/mol. The number of nitrogens with zero attached hydrogens (tertiary/aromatic N) is 2. The summed E-state index contributed by atoms with van der Waals surface area (Å²) in [5.41, 5.74) is 2.43. The Kier molecular flexibility index (Phi) is 6.20. The Bertz CT molecular complexity index is 947. The third-order valence-corrected chi connectivity index (χ3v) is 5.56. The van der Waals surface area contributed by atoms with Crippen LogP contribution in [-0.4, -0.2) is 54.2 Å². The second-order valence-electron chi connectivity index (χ2n) is 8.15. The van der Waals surface area contributed by atoms with Crippen molar-refractivity contribution in [2.45, 2.75) is 45.6 Å². The van der Waals surface area contributed by atoms with Crippen molar-refractivity contribution in [3.63, 3.8) is 0 Å². The molecule has 1 saturated heterocycles. The summed E-state index contributed by atoms with van der Waals surface area (Å²) in [5, 5.41) is 0. The molecule has 1 aromatic carbocycles. The highest BCUT2D eigenvalue weighted by atomic mass is 16.5. The first kappa shape index (κ1) is 20.6. The molecule has 160 valence electrons. The maximum Gasteiger partial charge on any atom is 0.260 e. The molecule has 0 unspecified atom stereocenters. The molecule has 7 heteroatoms. The number of ether oxygens (including phenoxy) is 2. The molecule has 2 aliphatic rings. The molecule has 2 aromatic rings. The van der Waals surface area contributed by atoms with Gasteiger partial charge >= 0.3 is 0 Å². The van der Waals surface area contributed by atoms with E-state index in [9.17, 15) is 9.59 Å². The monoisotopic (exact) mass is 412 g/mol. The fraction of sp³-hybridized carbons (Fsp3) is 0.478. The van der Waals surface area contributed by atoms with Crippen molar-refractivity contribution >= 4 is 5.91 Å². The number of benzene rings is 1. The van der Waals surface area contributed by atoms with Crippen molar-refractivity contribution in [2.24, 2.45) is 0 Å². The minimum absolute atomic E-state index is 0.0104. The SMILES string of the molecule is C[C@H]1CN(C(=O)COc2coc(CN3CCc4ccccc4C3)cc2=O)C[C@H](C)O1. The number of carbonyl (C=O) groups excluding carboxylic acids is 1. The summed E-state index contributed by atoms with van der Waals surface area (Å²) in [4.78, 5) is 28.8. The highest BCUT2D eigenvalue weighted by molar-refractivity contribution is 5.78. The Morgan fingerprint density at radius 2 is 1.90 bits per heavy atom. The highest BCUT2D eigenvalue weighted by Gasteiger charge is 2.26. The lowest BCUT2D eigenvalue weighted by molar-refractivity contribution is -0.145.